The van der Waals surface area contributed by atoms with Crippen LogP contribution in [0.1, 0.15) is 26.3 Å². The Kier molecular flexibility index (Phi) is 4.88. The highest BCUT2D eigenvalue weighted by atomic mass is 16.5. The van der Waals surface area contributed by atoms with Gasteiger partial charge in [0.15, 0.2) is 11.3 Å². The number of fused-ring (bicyclic) bond motifs is 1. The lowest BCUT2D eigenvalue weighted by Gasteiger charge is -2.23. The van der Waals surface area contributed by atoms with Crippen molar-refractivity contribution in [3.63, 3.8) is 0 Å². The molecule has 1 aromatic heterocycles. The molecule has 0 unspecified atom stereocenters. The number of ether oxygens (including phenoxy) is 1. The largest absolute Gasteiger partial charge is 0.487 e. The molecule has 0 radical (unpaired) electrons. The monoisotopic (exact) mass is 305 g/mol. The zero-order valence-corrected chi connectivity index (χ0v) is 13.5. The molecule has 0 aliphatic rings. The Labute approximate surface area is 129 Å². The van der Waals surface area contributed by atoms with E-state index in [2.05, 4.69) is 5.32 Å². The van der Waals surface area contributed by atoms with Crippen LogP contribution in [0.2, 0.25) is 0 Å². The maximum Gasteiger partial charge on any atom is 0.336 e. The van der Waals surface area contributed by atoms with Gasteiger partial charge in [-0.05, 0) is 45.4 Å². The Hall–Kier alpha value is -1.85. The van der Waals surface area contributed by atoms with Crippen molar-refractivity contribution in [2.24, 2.45) is 0 Å². The predicted molar refractivity (Wildman–Crippen MR) is 86.5 cm³/mol. The topological polar surface area (TPSA) is 71.7 Å². The fourth-order valence-corrected chi connectivity index (χ4v) is 2.06. The summed E-state index contributed by atoms with van der Waals surface area (Å²) in [6, 6.07) is 6.77. The van der Waals surface area contributed by atoms with Crippen molar-refractivity contribution in [1.29, 1.82) is 0 Å². The maximum absolute atomic E-state index is 11.4. The molecule has 120 valence electrons. The Bertz CT molecular complexity index is 700. The first kappa shape index (κ1) is 16.5. The molecule has 1 heterocycles. The molecule has 0 saturated carbocycles. The minimum atomic E-state index is -0.647. The van der Waals surface area contributed by atoms with Crippen LogP contribution in [0, 0.1) is 6.92 Å². The number of rotatable bonds is 5. The van der Waals surface area contributed by atoms with Crippen molar-refractivity contribution in [3.8, 4) is 5.75 Å². The van der Waals surface area contributed by atoms with Gasteiger partial charge in [-0.15, -0.1) is 0 Å². The molecule has 1 atom stereocenters. The summed E-state index contributed by atoms with van der Waals surface area (Å²) in [7, 11) is 0. The van der Waals surface area contributed by atoms with Crippen molar-refractivity contribution < 1.29 is 14.3 Å². The molecular weight excluding hydrogens is 282 g/mol. The zero-order chi connectivity index (χ0) is 16.3. The Morgan fingerprint density at radius 3 is 2.68 bits per heavy atom. The van der Waals surface area contributed by atoms with Gasteiger partial charge in [0, 0.05) is 23.5 Å². The van der Waals surface area contributed by atoms with Crippen LogP contribution in [0.15, 0.2) is 33.5 Å². The van der Waals surface area contributed by atoms with Crippen LogP contribution in [-0.2, 0) is 0 Å². The van der Waals surface area contributed by atoms with E-state index in [1.54, 1.807) is 12.1 Å². The highest BCUT2D eigenvalue weighted by Crippen LogP contribution is 2.27. The van der Waals surface area contributed by atoms with E-state index in [1.807, 2.05) is 33.8 Å². The lowest BCUT2D eigenvalue weighted by Crippen LogP contribution is -2.42. The molecule has 0 amide bonds. The number of hydrogen-bond donors (Lipinski definition) is 2. The molecule has 2 aromatic rings. The van der Waals surface area contributed by atoms with Gasteiger partial charge in [0.2, 0.25) is 0 Å². The fraction of sp³-hybridized carbons (Fsp3) is 0.471. The van der Waals surface area contributed by atoms with Crippen LogP contribution in [0.25, 0.3) is 11.0 Å². The third-order valence-electron chi connectivity index (χ3n) is 3.27. The molecule has 0 bridgehead atoms. The second-order valence-electron chi connectivity index (χ2n) is 6.47. The van der Waals surface area contributed by atoms with Gasteiger partial charge in [-0.3, -0.25) is 0 Å². The highest BCUT2D eigenvalue weighted by molar-refractivity contribution is 5.85. The molecule has 2 rings (SSSR count). The van der Waals surface area contributed by atoms with Crippen molar-refractivity contribution in [2.75, 3.05) is 13.2 Å². The van der Waals surface area contributed by atoms with Gasteiger partial charge in [-0.25, -0.2) is 4.79 Å². The van der Waals surface area contributed by atoms with E-state index < -0.39 is 11.7 Å². The standard InChI is InChI=1S/C17H23NO4/c1-11-5-7-14(16-13(11)6-8-15(20)22-16)21-10-12(19)9-18-17(2,3)4/h5-8,12,18-19H,9-10H2,1-4H3/t12-/m0/s1. The van der Waals surface area contributed by atoms with E-state index >= 15 is 0 Å². The maximum atomic E-state index is 11.4. The van der Waals surface area contributed by atoms with Crippen LogP contribution in [0.3, 0.4) is 0 Å². The van der Waals surface area contributed by atoms with E-state index in [-0.39, 0.29) is 12.1 Å². The van der Waals surface area contributed by atoms with Gasteiger partial charge in [-0.1, -0.05) is 6.07 Å². The summed E-state index contributed by atoms with van der Waals surface area (Å²) in [5, 5.41) is 14.0. The smallest absolute Gasteiger partial charge is 0.336 e. The Morgan fingerprint density at radius 2 is 2.00 bits per heavy atom. The third-order valence-corrected chi connectivity index (χ3v) is 3.27. The van der Waals surface area contributed by atoms with Crippen LogP contribution >= 0.6 is 0 Å². The molecule has 5 heteroatoms. The number of aliphatic hydroxyl groups is 1. The Balaban J connectivity index is 2.10. The van der Waals surface area contributed by atoms with E-state index in [0.717, 1.165) is 10.9 Å². The predicted octanol–water partition coefficient (Wildman–Crippen LogP) is 2.23. The van der Waals surface area contributed by atoms with E-state index in [9.17, 15) is 9.90 Å². The van der Waals surface area contributed by atoms with E-state index in [1.165, 1.54) is 6.07 Å². The van der Waals surface area contributed by atoms with E-state index in [0.29, 0.717) is 17.9 Å². The number of aryl methyl sites for hydroxylation is 1. The van der Waals surface area contributed by atoms with Crippen molar-refractivity contribution in [1.82, 2.24) is 5.32 Å². The molecule has 0 saturated heterocycles. The molecule has 0 fully saturated rings. The summed E-state index contributed by atoms with van der Waals surface area (Å²) in [6.45, 7) is 8.58. The minimum absolute atomic E-state index is 0.0652. The van der Waals surface area contributed by atoms with Crippen LogP contribution < -0.4 is 15.7 Å². The lowest BCUT2D eigenvalue weighted by molar-refractivity contribution is 0.100. The summed E-state index contributed by atoms with van der Waals surface area (Å²) >= 11 is 0. The molecular formula is C17H23NO4. The summed E-state index contributed by atoms with van der Waals surface area (Å²) in [6.07, 6.45) is -0.647. The second-order valence-corrected chi connectivity index (χ2v) is 6.47. The van der Waals surface area contributed by atoms with Gasteiger partial charge in [0.25, 0.3) is 0 Å². The lowest BCUT2D eigenvalue weighted by atomic mass is 10.1. The molecule has 0 spiro atoms. The molecule has 5 nitrogen and oxygen atoms in total. The minimum Gasteiger partial charge on any atom is -0.487 e. The quantitative estimate of drug-likeness (QED) is 0.829. The number of β-amino-alcohol motifs (C(OH)–C–C–N with tert-alkyl or cyclic N) is 1. The van der Waals surface area contributed by atoms with Crippen molar-refractivity contribution in [2.45, 2.75) is 39.3 Å². The first-order chi connectivity index (χ1) is 10.3. The van der Waals surface area contributed by atoms with Gasteiger partial charge in [0.1, 0.15) is 12.7 Å². The molecule has 0 aliphatic carbocycles. The average molecular weight is 305 g/mol. The van der Waals surface area contributed by atoms with E-state index in [4.69, 9.17) is 9.15 Å². The van der Waals surface area contributed by atoms with Gasteiger partial charge >= 0.3 is 5.63 Å². The Morgan fingerprint density at radius 1 is 1.27 bits per heavy atom. The molecule has 1 aromatic carbocycles. The SMILES string of the molecule is Cc1ccc(OC[C@@H](O)CNC(C)(C)C)c2oc(=O)ccc12. The normalized spacial score (nSPS) is 13.3. The number of benzene rings is 1. The molecule has 22 heavy (non-hydrogen) atoms. The number of nitrogens with one attached hydrogen (secondary N) is 1. The van der Waals surface area contributed by atoms with Gasteiger partial charge in [0.05, 0.1) is 0 Å². The van der Waals surface area contributed by atoms with Crippen LogP contribution in [0.4, 0.5) is 0 Å². The molecule has 0 aliphatic heterocycles. The molecule has 2 N–H and O–H groups in total. The zero-order valence-electron chi connectivity index (χ0n) is 13.5. The van der Waals surface area contributed by atoms with Crippen LogP contribution in [-0.4, -0.2) is 29.9 Å². The summed E-state index contributed by atoms with van der Waals surface area (Å²) in [4.78, 5) is 11.4. The third kappa shape index (κ3) is 4.32. The summed E-state index contributed by atoms with van der Waals surface area (Å²) in [5.74, 6) is 0.466. The first-order valence-electron chi connectivity index (χ1n) is 7.35. The average Bonchev–Trinajstić information content (AvgIpc) is 2.43. The number of aliphatic hydroxyl groups excluding tert-OH is 1. The van der Waals surface area contributed by atoms with Crippen molar-refractivity contribution in [3.05, 3.63) is 40.2 Å². The fourth-order valence-electron chi connectivity index (χ4n) is 2.06. The summed E-state index contributed by atoms with van der Waals surface area (Å²) in [5.41, 5.74) is 0.937. The number of hydrogen-bond acceptors (Lipinski definition) is 5. The van der Waals surface area contributed by atoms with Gasteiger partial charge in [-0.2, -0.15) is 0 Å². The first-order valence-corrected chi connectivity index (χ1v) is 7.35. The van der Waals surface area contributed by atoms with Crippen LogP contribution in [0.5, 0.6) is 5.75 Å². The summed E-state index contributed by atoms with van der Waals surface area (Å²) < 4.78 is 10.9. The highest BCUT2D eigenvalue weighted by Gasteiger charge is 2.14. The second kappa shape index (κ2) is 6.50. The van der Waals surface area contributed by atoms with Crippen molar-refractivity contribution >= 4 is 11.0 Å². The van der Waals surface area contributed by atoms with Gasteiger partial charge < -0.3 is 19.6 Å².